The number of rotatable bonds is 6. The molecular weight excluding hydrogens is 337 g/mol. The molecular formula is C13H16BrF3N2O. The van der Waals surface area contributed by atoms with Gasteiger partial charge in [0, 0.05) is 16.6 Å². The molecule has 0 radical (unpaired) electrons. The van der Waals surface area contributed by atoms with Gasteiger partial charge in [0.2, 0.25) is 5.91 Å². The summed E-state index contributed by atoms with van der Waals surface area (Å²) in [4.78, 5) is 11.5. The maximum Gasteiger partial charge on any atom is 0.389 e. The van der Waals surface area contributed by atoms with Crippen molar-refractivity contribution >= 4 is 27.5 Å². The molecule has 0 bridgehead atoms. The maximum absolute atomic E-state index is 12.2. The van der Waals surface area contributed by atoms with E-state index in [2.05, 4.69) is 21.2 Å². The summed E-state index contributed by atoms with van der Waals surface area (Å²) in [6.07, 6.45) is -5.32. The molecule has 112 valence electrons. The molecule has 0 saturated carbocycles. The van der Waals surface area contributed by atoms with E-state index in [1.54, 1.807) is 24.3 Å². The zero-order chi connectivity index (χ0) is 15.4. The second-order valence-corrected chi connectivity index (χ2v) is 5.72. The van der Waals surface area contributed by atoms with Crippen LogP contribution in [0.15, 0.2) is 28.7 Å². The summed E-state index contributed by atoms with van der Waals surface area (Å²) in [7, 11) is 0. The van der Waals surface area contributed by atoms with E-state index in [1.807, 2.05) is 0 Å². The number of anilines is 1. The second-order valence-electron chi connectivity index (χ2n) is 4.80. The van der Waals surface area contributed by atoms with Crippen LogP contribution in [-0.4, -0.2) is 17.6 Å². The minimum absolute atomic E-state index is 0.00829. The number of halogens is 4. The lowest BCUT2D eigenvalue weighted by Crippen LogP contribution is -2.48. The standard InChI is InChI=1S/C13H16BrF3N2O/c1-12(11(18)20,6-3-7-13(15,16)17)19-10-5-2-4-9(14)8-10/h2,4-5,8,19H,3,6-7H2,1H3,(H2,18,20). The van der Waals surface area contributed by atoms with Crippen molar-refractivity contribution in [3.8, 4) is 0 Å². The van der Waals surface area contributed by atoms with Crippen molar-refractivity contribution in [3.05, 3.63) is 28.7 Å². The average Bonchev–Trinajstić information content (AvgIpc) is 2.26. The first-order valence-corrected chi connectivity index (χ1v) is 6.82. The third kappa shape index (κ3) is 5.40. The molecule has 1 atom stereocenters. The average molecular weight is 353 g/mol. The highest BCUT2D eigenvalue weighted by Gasteiger charge is 2.33. The molecule has 7 heteroatoms. The van der Waals surface area contributed by atoms with Crippen LogP contribution in [0.3, 0.4) is 0 Å². The molecule has 1 aromatic rings. The highest BCUT2D eigenvalue weighted by atomic mass is 79.9. The summed E-state index contributed by atoms with van der Waals surface area (Å²) in [5, 5.41) is 2.91. The van der Waals surface area contributed by atoms with E-state index in [9.17, 15) is 18.0 Å². The first-order chi connectivity index (χ1) is 9.12. The maximum atomic E-state index is 12.2. The van der Waals surface area contributed by atoms with Gasteiger partial charge in [-0.25, -0.2) is 0 Å². The molecule has 0 fully saturated rings. The zero-order valence-electron chi connectivity index (χ0n) is 10.9. The van der Waals surface area contributed by atoms with Gasteiger partial charge in [-0.1, -0.05) is 22.0 Å². The fourth-order valence-corrected chi connectivity index (χ4v) is 2.17. The van der Waals surface area contributed by atoms with Gasteiger partial charge in [0.1, 0.15) is 5.54 Å². The Hall–Kier alpha value is -1.24. The Labute approximate surface area is 123 Å². The van der Waals surface area contributed by atoms with Crippen LogP contribution in [0.2, 0.25) is 0 Å². The van der Waals surface area contributed by atoms with Crippen molar-refractivity contribution in [2.24, 2.45) is 5.73 Å². The summed E-state index contributed by atoms with van der Waals surface area (Å²) in [6.45, 7) is 1.51. The molecule has 0 aliphatic heterocycles. The van der Waals surface area contributed by atoms with Crippen LogP contribution in [0.5, 0.6) is 0 Å². The summed E-state index contributed by atoms with van der Waals surface area (Å²) < 4.78 is 37.3. The SMILES string of the molecule is CC(CCCC(F)(F)F)(Nc1cccc(Br)c1)C(N)=O. The number of hydrogen-bond acceptors (Lipinski definition) is 2. The summed E-state index contributed by atoms with van der Waals surface area (Å²) in [5.41, 5.74) is 4.71. The van der Waals surface area contributed by atoms with E-state index >= 15 is 0 Å². The number of nitrogens with one attached hydrogen (secondary N) is 1. The van der Waals surface area contributed by atoms with Gasteiger partial charge in [0.15, 0.2) is 0 Å². The van der Waals surface area contributed by atoms with E-state index in [-0.39, 0.29) is 12.8 Å². The number of primary amides is 1. The number of carbonyl (C=O) groups is 1. The number of amides is 1. The van der Waals surface area contributed by atoms with Gasteiger partial charge < -0.3 is 11.1 Å². The summed E-state index contributed by atoms with van der Waals surface area (Å²) >= 11 is 3.28. The van der Waals surface area contributed by atoms with Gasteiger partial charge >= 0.3 is 6.18 Å². The fourth-order valence-electron chi connectivity index (χ4n) is 1.77. The molecule has 0 saturated heterocycles. The van der Waals surface area contributed by atoms with Crippen LogP contribution >= 0.6 is 15.9 Å². The quantitative estimate of drug-likeness (QED) is 0.817. The van der Waals surface area contributed by atoms with Crippen molar-refractivity contribution in [2.75, 3.05) is 5.32 Å². The van der Waals surface area contributed by atoms with E-state index in [1.165, 1.54) is 6.92 Å². The Kier molecular flexibility index (Phi) is 5.44. The fraction of sp³-hybridized carbons (Fsp3) is 0.462. The number of benzene rings is 1. The van der Waals surface area contributed by atoms with Gasteiger partial charge in [-0.3, -0.25) is 4.79 Å². The van der Waals surface area contributed by atoms with E-state index in [0.717, 1.165) is 4.47 Å². The smallest absolute Gasteiger partial charge is 0.371 e. The molecule has 1 aromatic carbocycles. The molecule has 0 spiro atoms. The first kappa shape index (κ1) is 16.8. The molecule has 0 heterocycles. The van der Waals surface area contributed by atoms with Crippen molar-refractivity contribution in [1.82, 2.24) is 0 Å². The monoisotopic (exact) mass is 352 g/mol. The third-order valence-electron chi connectivity index (χ3n) is 2.93. The topological polar surface area (TPSA) is 55.1 Å². The van der Waals surface area contributed by atoms with Gasteiger partial charge in [0.05, 0.1) is 0 Å². The number of hydrogen-bond donors (Lipinski definition) is 2. The molecule has 1 unspecified atom stereocenters. The van der Waals surface area contributed by atoms with Crippen LogP contribution in [0, 0.1) is 0 Å². The predicted molar refractivity (Wildman–Crippen MR) is 75.3 cm³/mol. The Morgan fingerprint density at radius 3 is 2.50 bits per heavy atom. The van der Waals surface area contributed by atoms with Crippen molar-refractivity contribution in [3.63, 3.8) is 0 Å². The Bertz CT molecular complexity index is 479. The van der Waals surface area contributed by atoms with E-state index < -0.39 is 24.0 Å². The van der Waals surface area contributed by atoms with Crippen LogP contribution in [0.4, 0.5) is 18.9 Å². The lowest BCUT2D eigenvalue weighted by atomic mass is 9.93. The first-order valence-electron chi connectivity index (χ1n) is 6.03. The number of carbonyl (C=O) groups excluding carboxylic acids is 1. The van der Waals surface area contributed by atoms with Gasteiger partial charge in [-0.05, 0) is 38.0 Å². The molecule has 1 rings (SSSR count). The lowest BCUT2D eigenvalue weighted by molar-refractivity contribution is -0.137. The highest BCUT2D eigenvalue weighted by Crippen LogP contribution is 2.27. The third-order valence-corrected chi connectivity index (χ3v) is 3.42. The van der Waals surface area contributed by atoms with Crippen LogP contribution in [-0.2, 0) is 4.79 Å². The number of alkyl halides is 3. The highest BCUT2D eigenvalue weighted by molar-refractivity contribution is 9.10. The minimum Gasteiger partial charge on any atom is -0.371 e. The lowest BCUT2D eigenvalue weighted by Gasteiger charge is -2.29. The molecule has 0 aliphatic rings. The molecule has 20 heavy (non-hydrogen) atoms. The van der Waals surface area contributed by atoms with E-state index in [4.69, 9.17) is 5.73 Å². The van der Waals surface area contributed by atoms with Gasteiger partial charge in [-0.15, -0.1) is 0 Å². The second kappa shape index (κ2) is 6.47. The molecule has 0 aliphatic carbocycles. The Morgan fingerprint density at radius 1 is 1.35 bits per heavy atom. The molecule has 3 nitrogen and oxygen atoms in total. The zero-order valence-corrected chi connectivity index (χ0v) is 12.5. The van der Waals surface area contributed by atoms with Crippen LogP contribution in [0.25, 0.3) is 0 Å². The number of nitrogens with two attached hydrogens (primary N) is 1. The van der Waals surface area contributed by atoms with E-state index in [0.29, 0.717) is 5.69 Å². The van der Waals surface area contributed by atoms with Crippen LogP contribution in [0.1, 0.15) is 26.2 Å². The van der Waals surface area contributed by atoms with Gasteiger partial charge in [0.25, 0.3) is 0 Å². The molecule has 0 aromatic heterocycles. The Balaban J connectivity index is 2.74. The van der Waals surface area contributed by atoms with Crippen LogP contribution < -0.4 is 11.1 Å². The van der Waals surface area contributed by atoms with Crippen molar-refractivity contribution in [2.45, 2.75) is 37.9 Å². The van der Waals surface area contributed by atoms with Gasteiger partial charge in [-0.2, -0.15) is 13.2 Å². The molecule has 3 N–H and O–H groups in total. The van der Waals surface area contributed by atoms with Crippen molar-refractivity contribution < 1.29 is 18.0 Å². The minimum atomic E-state index is -4.23. The Morgan fingerprint density at radius 2 is 2.00 bits per heavy atom. The largest absolute Gasteiger partial charge is 0.389 e. The summed E-state index contributed by atoms with van der Waals surface area (Å²) in [6, 6.07) is 7.00. The molecule has 1 amide bonds. The van der Waals surface area contributed by atoms with Crippen molar-refractivity contribution in [1.29, 1.82) is 0 Å². The predicted octanol–water partition coefficient (Wildman–Crippen LogP) is 3.84. The summed E-state index contributed by atoms with van der Waals surface area (Å²) in [5.74, 6) is -0.681. The normalized spacial score (nSPS) is 14.7.